The maximum atomic E-state index is 12.1. The molecule has 2 aromatic rings. The summed E-state index contributed by atoms with van der Waals surface area (Å²) in [5.74, 6) is 1.16. The molecule has 1 fully saturated rings. The number of benzene rings is 2. The summed E-state index contributed by atoms with van der Waals surface area (Å²) in [5.41, 5.74) is 3.59. The van der Waals surface area contributed by atoms with E-state index in [0.717, 1.165) is 16.5 Å². The summed E-state index contributed by atoms with van der Waals surface area (Å²) in [6, 6.07) is 15.9. The van der Waals surface area contributed by atoms with Gasteiger partial charge in [-0.15, -0.1) is 0 Å². The molecule has 0 radical (unpaired) electrons. The Balaban J connectivity index is 1.54. The van der Waals surface area contributed by atoms with Crippen molar-refractivity contribution in [1.29, 1.82) is 0 Å². The van der Waals surface area contributed by atoms with Gasteiger partial charge in [0.25, 0.3) is 0 Å². The van der Waals surface area contributed by atoms with Gasteiger partial charge in [0.2, 0.25) is 0 Å². The topological polar surface area (TPSA) is 49.7 Å². The van der Waals surface area contributed by atoms with E-state index >= 15 is 0 Å². The molecular weight excluding hydrogens is 400 g/mol. The molecule has 1 saturated heterocycles. The highest BCUT2D eigenvalue weighted by Crippen LogP contribution is 2.33. The van der Waals surface area contributed by atoms with Gasteiger partial charge in [-0.1, -0.05) is 65.3 Å². The Morgan fingerprint density at radius 3 is 2.67 bits per heavy atom. The molecule has 0 spiro atoms. The molecule has 0 saturated carbocycles. The molecule has 0 amide bonds. The molecule has 2 aliphatic rings. The Bertz CT molecular complexity index is 974. The van der Waals surface area contributed by atoms with Crippen LogP contribution < -0.4 is 0 Å². The standard InChI is InChI=1S/C20H21ClN2O2S2/c1-14-3-2-4-16(9-14)11-26-20-22-18-12-27(24,25)13-19(18)23(20)10-15-5-7-17(21)8-6-15/h2-9,18-19H,10-13H2,1H3/t18-,19+/m0/s1. The summed E-state index contributed by atoms with van der Waals surface area (Å²) in [6.07, 6.45) is 0. The van der Waals surface area contributed by atoms with Crippen molar-refractivity contribution in [2.45, 2.75) is 31.3 Å². The average Bonchev–Trinajstić information content (AvgIpc) is 3.07. The van der Waals surface area contributed by atoms with E-state index in [1.807, 2.05) is 24.3 Å². The van der Waals surface area contributed by atoms with Crippen LogP contribution in [0.1, 0.15) is 16.7 Å². The number of amidine groups is 1. The highest BCUT2D eigenvalue weighted by molar-refractivity contribution is 8.13. The van der Waals surface area contributed by atoms with Gasteiger partial charge >= 0.3 is 0 Å². The molecule has 0 aliphatic carbocycles. The normalized spacial score (nSPS) is 23.3. The minimum absolute atomic E-state index is 0.0642. The molecular formula is C20H21ClN2O2S2. The molecule has 0 unspecified atom stereocenters. The van der Waals surface area contributed by atoms with Crippen LogP contribution in [0.15, 0.2) is 53.5 Å². The molecule has 2 heterocycles. The SMILES string of the molecule is Cc1cccc(CSC2=N[C@H]3CS(=O)(=O)C[C@H]3N2Cc2ccc(Cl)cc2)c1. The van der Waals surface area contributed by atoms with Gasteiger partial charge in [-0.05, 0) is 30.2 Å². The summed E-state index contributed by atoms with van der Waals surface area (Å²) < 4.78 is 24.2. The number of aliphatic imine (C=N–C) groups is 1. The molecule has 0 N–H and O–H groups in total. The molecule has 7 heteroatoms. The van der Waals surface area contributed by atoms with Gasteiger partial charge in [0.05, 0.1) is 23.6 Å². The lowest BCUT2D eigenvalue weighted by Gasteiger charge is -2.26. The first kappa shape index (κ1) is 18.8. The van der Waals surface area contributed by atoms with Crippen LogP contribution in [0.3, 0.4) is 0 Å². The van der Waals surface area contributed by atoms with E-state index in [-0.39, 0.29) is 23.6 Å². The van der Waals surface area contributed by atoms with Crippen molar-refractivity contribution in [1.82, 2.24) is 4.90 Å². The third kappa shape index (κ3) is 4.33. The Morgan fingerprint density at radius 1 is 1.15 bits per heavy atom. The van der Waals surface area contributed by atoms with E-state index < -0.39 is 9.84 Å². The van der Waals surface area contributed by atoms with Crippen LogP contribution in [0.25, 0.3) is 0 Å². The van der Waals surface area contributed by atoms with Crippen LogP contribution in [0.4, 0.5) is 0 Å². The smallest absolute Gasteiger partial charge is 0.160 e. The molecule has 2 atom stereocenters. The first-order valence-corrected chi connectivity index (χ1v) is 12.1. The summed E-state index contributed by atoms with van der Waals surface area (Å²) in [5, 5.41) is 1.64. The second-order valence-corrected chi connectivity index (χ2v) is 10.7. The number of thioether (sulfide) groups is 1. The van der Waals surface area contributed by atoms with Crippen LogP contribution in [-0.4, -0.2) is 42.1 Å². The largest absolute Gasteiger partial charge is 0.341 e. The van der Waals surface area contributed by atoms with Gasteiger partial charge in [-0.2, -0.15) is 0 Å². The quantitative estimate of drug-likeness (QED) is 0.752. The monoisotopic (exact) mass is 420 g/mol. The molecule has 0 bridgehead atoms. The van der Waals surface area contributed by atoms with E-state index in [0.29, 0.717) is 11.6 Å². The minimum Gasteiger partial charge on any atom is -0.341 e. The van der Waals surface area contributed by atoms with Crippen molar-refractivity contribution in [3.05, 3.63) is 70.2 Å². The second-order valence-electron chi connectivity index (χ2n) is 7.16. The second kappa shape index (κ2) is 7.49. The van der Waals surface area contributed by atoms with Gasteiger partial charge in [-0.25, -0.2) is 8.42 Å². The van der Waals surface area contributed by atoms with Gasteiger partial charge in [0.1, 0.15) is 0 Å². The number of sulfone groups is 1. The predicted molar refractivity (Wildman–Crippen MR) is 113 cm³/mol. The number of hydrogen-bond donors (Lipinski definition) is 0. The maximum Gasteiger partial charge on any atom is 0.160 e. The zero-order valence-electron chi connectivity index (χ0n) is 15.0. The molecule has 4 rings (SSSR count). The molecule has 2 aromatic carbocycles. The van der Waals surface area contributed by atoms with Gasteiger partial charge in [0, 0.05) is 17.3 Å². The predicted octanol–water partition coefficient (Wildman–Crippen LogP) is 3.92. The first-order chi connectivity index (χ1) is 12.9. The number of halogens is 1. The number of nitrogens with zero attached hydrogens (tertiary/aromatic N) is 2. The van der Waals surface area contributed by atoms with E-state index in [4.69, 9.17) is 16.6 Å². The molecule has 2 aliphatic heterocycles. The van der Waals surface area contributed by atoms with E-state index in [1.165, 1.54) is 11.1 Å². The number of fused-ring (bicyclic) bond motifs is 1. The van der Waals surface area contributed by atoms with Gasteiger partial charge in [-0.3, -0.25) is 4.99 Å². The van der Waals surface area contributed by atoms with Crippen LogP contribution in [0.2, 0.25) is 5.02 Å². The van der Waals surface area contributed by atoms with Crippen LogP contribution in [0, 0.1) is 6.92 Å². The van der Waals surface area contributed by atoms with Crippen LogP contribution >= 0.6 is 23.4 Å². The highest BCUT2D eigenvalue weighted by Gasteiger charge is 2.46. The Morgan fingerprint density at radius 2 is 1.93 bits per heavy atom. The van der Waals surface area contributed by atoms with E-state index in [9.17, 15) is 8.42 Å². The first-order valence-electron chi connectivity index (χ1n) is 8.87. The van der Waals surface area contributed by atoms with Gasteiger partial charge in [0.15, 0.2) is 15.0 Å². The summed E-state index contributed by atoms with van der Waals surface area (Å²) >= 11 is 7.68. The van der Waals surface area contributed by atoms with Crippen molar-refractivity contribution in [3.63, 3.8) is 0 Å². The highest BCUT2D eigenvalue weighted by atomic mass is 35.5. The Hall–Kier alpha value is -1.50. The lowest BCUT2D eigenvalue weighted by molar-refractivity contribution is 0.343. The number of aryl methyl sites for hydroxylation is 1. The van der Waals surface area contributed by atoms with Crippen LogP contribution in [0.5, 0.6) is 0 Å². The van der Waals surface area contributed by atoms with Crippen molar-refractivity contribution in [2.75, 3.05) is 11.5 Å². The maximum absolute atomic E-state index is 12.1. The van der Waals surface area contributed by atoms with E-state index in [2.05, 4.69) is 36.1 Å². The molecule has 27 heavy (non-hydrogen) atoms. The zero-order chi connectivity index (χ0) is 19.0. The fourth-order valence-corrected chi connectivity index (χ4v) is 6.68. The molecule has 4 nitrogen and oxygen atoms in total. The third-order valence-corrected chi connectivity index (χ3v) is 7.96. The number of rotatable bonds is 4. The minimum atomic E-state index is -3.01. The number of hydrogen-bond acceptors (Lipinski definition) is 5. The van der Waals surface area contributed by atoms with Gasteiger partial charge < -0.3 is 4.90 Å². The zero-order valence-corrected chi connectivity index (χ0v) is 17.4. The average molecular weight is 421 g/mol. The summed E-state index contributed by atoms with van der Waals surface area (Å²) in [4.78, 5) is 6.94. The van der Waals surface area contributed by atoms with Crippen molar-refractivity contribution in [3.8, 4) is 0 Å². The fourth-order valence-electron chi connectivity index (χ4n) is 3.63. The summed E-state index contributed by atoms with van der Waals surface area (Å²) in [6.45, 7) is 2.73. The van der Waals surface area contributed by atoms with E-state index in [1.54, 1.807) is 11.8 Å². The van der Waals surface area contributed by atoms with Crippen molar-refractivity contribution in [2.24, 2.45) is 4.99 Å². The lowest BCUT2D eigenvalue weighted by Crippen LogP contribution is -2.38. The van der Waals surface area contributed by atoms with Crippen molar-refractivity contribution >= 4 is 38.4 Å². The fraction of sp³-hybridized carbons (Fsp3) is 0.350. The Labute approximate surface area is 169 Å². The van der Waals surface area contributed by atoms with Crippen molar-refractivity contribution < 1.29 is 8.42 Å². The third-order valence-electron chi connectivity index (χ3n) is 4.93. The van der Waals surface area contributed by atoms with Crippen LogP contribution in [-0.2, 0) is 22.1 Å². The Kier molecular flexibility index (Phi) is 5.23. The molecule has 0 aromatic heterocycles. The lowest BCUT2D eigenvalue weighted by atomic mass is 10.1. The summed E-state index contributed by atoms with van der Waals surface area (Å²) in [7, 11) is -3.01. The molecule has 142 valence electrons.